The van der Waals surface area contributed by atoms with E-state index in [4.69, 9.17) is 10.7 Å². The predicted octanol–water partition coefficient (Wildman–Crippen LogP) is 3.63. The van der Waals surface area contributed by atoms with Crippen LogP contribution in [-0.4, -0.2) is 11.5 Å². The van der Waals surface area contributed by atoms with E-state index in [0.29, 0.717) is 0 Å². The molecule has 0 atom stereocenters. The lowest BCUT2D eigenvalue weighted by Gasteiger charge is -2.08. The normalized spacial score (nSPS) is 10.9. The Hall–Kier alpha value is -1.19. The van der Waals surface area contributed by atoms with E-state index >= 15 is 0 Å². The fourth-order valence-electron chi connectivity index (χ4n) is 2.38. The van der Waals surface area contributed by atoms with Crippen molar-refractivity contribution in [3.8, 4) is 11.3 Å². The second-order valence-corrected chi connectivity index (χ2v) is 5.74. The van der Waals surface area contributed by atoms with Gasteiger partial charge in [0.1, 0.15) is 0 Å². The van der Waals surface area contributed by atoms with Crippen LogP contribution in [0.15, 0.2) is 17.5 Å². The molecule has 0 unspecified atom stereocenters. The maximum absolute atomic E-state index is 5.54. The molecule has 1 aromatic carbocycles. The lowest BCUT2D eigenvalue weighted by atomic mass is 9.98. The first-order valence-corrected chi connectivity index (χ1v) is 7.22. The summed E-state index contributed by atoms with van der Waals surface area (Å²) in [7, 11) is 0. The molecule has 0 radical (unpaired) electrons. The Morgan fingerprint density at radius 3 is 2.44 bits per heavy atom. The molecule has 96 valence electrons. The Balaban J connectivity index is 2.34. The molecule has 2 rings (SSSR count). The standard InChI is InChI=1S/C15H20N2S/c1-10-7-11(2)15(12(3)8-10)13-9-18-14(17-13)5-4-6-16/h7-9H,4-6,16H2,1-3H3. The first kappa shape index (κ1) is 13.2. The number of nitrogens with two attached hydrogens (primary N) is 1. The van der Waals surface area contributed by atoms with Crippen molar-refractivity contribution in [1.29, 1.82) is 0 Å². The summed E-state index contributed by atoms with van der Waals surface area (Å²) < 4.78 is 0. The lowest BCUT2D eigenvalue weighted by molar-refractivity contribution is 0.826. The van der Waals surface area contributed by atoms with Gasteiger partial charge in [0.25, 0.3) is 0 Å². The summed E-state index contributed by atoms with van der Waals surface area (Å²) in [4.78, 5) is 4.73. The van der Waals surface area contributed by atoms with Gasteiger partial charge in [-0.25, -0.2) is 4.98 Å². The molecule has 0 saturated carbocycles. The molecule has 0 amide bonds. The molecule has 0 aliphatic rings. The summed E-state index contributed by atoms with van der Waals surface area (Å²) in [5, 5.41) is 3.35. The summed E-state index contributed by atoms with van der Waals surface area (Å²) in [6.07, 6.45) is 2.00. The zero-order valence-electron chi connectivity index (χ0n) is 11.3. The minimum absolute atomic E-state index is 0.734. The Morgan fingerprint density at radius 2 is 1.83 bits per heavy atom. The summed E-state index contributed by atoms with van der Waals surface area (Å²) in [6.45, 7) is 7.19. The molecule has 1 heterocycles. The summed E-state index contributed by atoms with van der Waals surface area (Å²) in [5.74, 6) is 0. The first-order chi connectivity index (χ1) is 8.61. The van der Waals surface area contributed by atoms with Gasteiger partial charge < -0.3 is 5.73 Å². The fraction of sp³-hybridized carbons (Fsp3) is 0.400. The van der Waals surface area contributed by atoms with E-state index in [9.17, 15) is 0 Å². The second kappa shape index (κ2) is 5.63. The quantitative estimate of drug-likeness (QED) is 0.911. The zero-order chi connectivity index (χ0) is 13.1. The van der Waals surface area contributed by atoms with Gasteiger partial charge in [-0.05, 0) is 44.9 Å². The van der Waals surface area contributed by atoms with Gasteiger partial charge in [-0.1, -0.05) is 17.7 Å². The Kier molecular flexibility index (Phi) is 4.15. The number of rotatable bonds is 4. The van der Waals surface area contributed by atoms with Gasteiger partial charge in [-0.2, -0.15) is 0 Å². The van der Waals surface area contributed by atoms with Crippen molar-refractivity contribution >= 4 is 11.3 Å². The molecule has 0 spiro atoms. The lowest BCUT2D eigenvalue weighted by Crippen LogP contribution is -2.00. The number of hydrogen-bond donors (Lipinski definition) is 1. The predicted molar refractivity (Wildman–Crippen MR) is 79.1 cm³/mol. The third-order valence-electron chi connectivity index (χ3n) is 3.08. The SMILES string of the molecule is Cc1cc(C)c(-c2csc(CCCN)n2)c(C)c1. The van der Waals surface area contributed by atoms with Crippen molar-refractivity contribution in [1.82, 2.24) is 4.98 Å². The summed E-state index contributed by atoms with van der Waals surface area (Å²) in [5.41, 5.74) is 11.9. The highest BCUT2D eigenvalue weighted by atomic mass is 32.1. The van der Waals surface area contributed by atoms with Gasteiger partial charge in [-0.3, -0.25) is 0 Å². The van der Waals surface area contributed by atoms with Crippen molar-refractivity contribution in [2.45, 2.75) is 33.6 Å². The first-order valence-electron chi connectivity index (χ1n) is 6.34. The van der Waals surface area contributed by atoms with Crippen molar-refractivity contribution in [2.75, 3.05) is 6.54 Å². The van der Waals surface area contributed by atoms with Crippen molar-refractivity contribution in [2.24, 2.45) is 5.73 Å². The average Bonchev–Trinajstić information content (AvgIpc) is 2.73. The molecule has 2 N–H and O–H groups in total. The van der Waals surface area contributed by atoms with Crippen LogP contribution in [0.2, 0.25) is 0 Å². The van der Waals surface area contributed by atoms with E-state index < -0.39 is 0 Å². The van der Waals surface area contributed by atoms with Gasteiger partial charge in [0.05, 0.1) is 10.7 Å². The van der Waals surface area contributed by atoms with Gasteiger partial charge >= 0.3 is 0 Å². The Bertz CT molecular complexity index is 520. The van der Waals surface area contributed by atoms with E-state index in [2.05, 4.69) is 38.3 Å². The number of hydrogen-bond acceptors (Lipinski definition) is 3. The number of benzene rings is 1. The van der Waals surface area contributed by atoms with Crippen LogP contribution in [0.1, 0.15) is 28.1 Å². The molecular weight excluding hydrogens is 240 g/mol. The number of nitrogens with zero attached hydrogens (tertiary/aromatic N) is 1. The van der Waals surface area contributed by atoms with Crippen LogP contribution in [0, 0.1) is 20.8 Å². The second-order valence-electron chi connectivity index (χ2n) is 4.79. The molecule has 2 nitrogen and oxygen atoms in total. The van der Waals surface area contributed by atoms with Crippen molar-refractivity contribution in [3.05, 3.63) is 39.2 Å². The van der Waals surface area contributed by atoms with Crippen LogP contribution in [0.3, 0.4) is 0 Å². The van der Waals surface area contributed by atoms with E-state index in [0.717, 1.165) is 25.1 Å². The smallest absolute Gasteiger partial charge is 0.0933 e. The van der Waals surface area contributed by atoms with Gasteiger partial charge in [-0.15, -0.1) is 11.3 Å². The minimum Gasteiger partial charge on any atom is -0.330 e. The summed E-state index contributed by atoms with van der Waals surface area (Å²) >= 11 is 1.74. The van der Waals surface area contributed by atoms with Gasteiger partial charge in [0.15, 0.2) is 0 Å². The molecule has 3 heteroatoms. The van der Waals surface area contributed by atoms with Crippen LogP contribution in [-0.2, 0) is 6.42 Å². The maximum atomic E-state index is 5.54. The highest BCUT2D eigenvalue weighted by Gasteiger charge is 2.10. The number of aryl methyl sites for hydroxylation is 4. The molecule has 0 aliphatic heterocycles. The molecule has 0 aliphatic carbocycles. The van der Waals surface area contributed by atoms with E-state index in [1.165, 1.54) is 27.3 Å². The zero-order valence-corrected chi connectivity index (χ0v) is 12.1. The van der Waals surface area contributed by atoms with Crippen molar-refractivity contribution < 1.29 is 0 Å². The third kappa shape index (κ3) is 2.79. The van der Waals surface area contributed by atoms with Crippen LogP contribution in [0.5, 0.6) is 0 Å². The van der Waals surface area contributed by atoms with Crippen LogP contribution in [0.4, 0.5) is 0 Å². The third-order valence-corrected chi connectivity index (χ3v) is 3.99. The topological polar surface area (TPSA) is 38.9 Å². The van der Waals surface area contributed by atoms with E-state index in [-0.39, 0.29) is 0 Å². The molecule has 1 aromatic heterocycles. The highest BCUT2D eigenvalue weighted by Crippen LogP contribution is 2.29. The Labute approximate surface area is 113 Å². The monoisotopic (exact) mass is 260 g/mol. The minimum atomic E-state index is 0.734. The van der Waals surface area contributed by atoms with E-state index in [1.807, 2.05) is 0 Å². The highest BCUT2D eigenvalue weighted by molar-refractivity contribution is 7.09. The van der Waals surface area contributed by atoms with Gasteiger partial charge in [0, 0.05) is 17.4 Å². The molecule has 18 heavy (non-hydrogen) atoms. The van der Waals surface area contributed by atoms with Crippen LogP contribution < -0.4 is 5.73 Å². The van der Waals surface area contributed by atoms with Crippen molar-refractivity contribution in [3.63, 3.8) is 0 Å². The molecule has 0 saturated heterocycles. The van der Waals surface area contributed by atoms with Crippen LogP contribution >= 0.6 is 11.3 Å². The van der Waals surface area contributed by atoms with Gasteiger partial charge in [0.2, 0.25) is 0 Å². The fourth-order valence-corrected chi connectivity index (χ4v) is 3.21. The summed E-state index contributed by atoms with van der Waals surface area (Å²) in [6, 6.07) is 4.45. The molecule has 2 aromatic rings. The average molecular weight is 260 g/mol. The molecule has 0 fully saturated rings. The maximum Gasteiger partial charge on any atom is 0.0933 e. The largest absolute Gasteiger partial charge is 0.330 e. The van der Waals surface area contributed by atoms with E-state index in [1.54, 1.807) is 11.3 Å². The molecular formula is C15H20N2S. The Morgan fingerprint density at radius 1 is 1.17 bits per heavy atom. The number of thiazole rings is 1. The number of aromatic nitrogens is 1. The molecule has 0 bridgehead atoms. The van der Waals surface area contributed by atoms with Crippen LogP contribution in [0.25, 0.3) is 11.3 Å².